The zero-order chi connectivity index (χ0) is 22.7. The zero-order valence-electron chi connectivity index (χ0n) is 17.6. The van der Waals surface area contributed by atoms with Gasteiger partial charge in [-0.2, -0.15) is 18.3 Å². The van der Waals surface area contributed by atoms with E-state index in [2.05, 4.69) is 10.2 Å². The lowest BCUT2D eigenvalue weighted by Gasteiger charge is -2.13. The first-order valence-corrected chi connectivity index (χ1v) is 10.2. The minimum atomic E-state index is -4.38. The van der Waals surface area contributed by atoms with Crippen LogP contribution < -0.4 is 14.9 Å². The minimum absolute atomic E-state index is 0.212. The maximum Gasteiger partial charge on any atom is 0.419 e. The molecule has 168 valence electrons. The van der Waals surface area contributed by atoms with E-state index in [4.69, 9.17) is 10.5 Å². The molecule has 0 aliphatic carbocycles. The van der Waals surface area contributed by atoms with Crippen LogP contribution >= 0.6 is 0 Å². The van der Waals surface area contributed by atoms with Crippen molar-refractivity contribution in [2.24, 2.45) is 23.0 Å². The Hall–Kier alpha value is -3.56. The van der Waals surface area contributed by atoms with Gasteiger partial charge in [-0.25, -0.2) is 8.97 Å². The Labute approximate surface area is 183 Å². The molecule has 4 rings (SSSR count). The lowest BCUT2D eigenvalue weighted by atomic mass is 10.2. The molecule has 0 atom stereocenters. The highest BCUT2D eigenvalue weighted by molar-refractivity contribution is 5.82. The van der Waals surface area contributed by atoms with E-state index >= 15 is 0 Å². The fraction of sp³-hybridized carbons (Fsp3) is 0.318. The summed E-state index contributed by atoms with van der Waals surface area (Å²) in [5.74, 6) is 1.06. The molecule has 7 nitrogen and oxygen atoms in total. The van der Waals surface area contributed by atoms with Crippen molar-refractivity contribution in [3.8, 4) is 5.75 Å². The molecule has 2 N–H and O–H groups in total. The van der Waals surface area contributed by atoms with Gasteiger partial charge in [0.1, 0.15) is 18.1 Å². The highest BCUT2D eigenvalue weighted by Crippen LogP contribution is 2.28. The second kappa shape index (κ2) is 8.89. The molecule has 0 radical (unpaired) electrons. The molecule has 3 heterocycles. The molecule has 0 amide bonds. The number of nitrogens with zero attached hydrogens (tertiary/aromatic N) is 5. The van der Waals surface area contributed by atoms with Gasteiger partial charge in [-0.15, -0.1) is 5.10 Å². The summed E-state index contributed by atoms with van der Waals surface area (Å²) in [6.45, 7) is 2.04. The maximum absolute atomic E-state index is 12.9. The number of nitrogens with two attached hydrogens (primary N) is 1. The smallest absolute Gasteiger partial charge is 0.419 e. The van der Waals surface area contributed by atoms with Crippen LogP contribution in [0.4, 0.5) is 13.2 Å². The van der Waals surface area contributed by atoms with E-state index < -0.39 is 11.7 Å². The van der Waals surface area contributed by atoms with E-state index in [1.807, 2.05) is 17.0 Å². The van der Waals surface area contributed by atoms with Crippen molar-refractivity contribution in [1.29, 1.82) is 0 Å². The van der Waals surface area contributed by atoms with Gasteiger partial charge in [0.05, 0.1) is 18.8 Å². The van der Waals surface area contributed by atoms with Gasteiger partial charge in [-0.1, -0.05) is 0 Å². The third-order valence-corrected chi connectivity index (χ3v) is 5.41. The van der Waals surface area contributed by atoms with Gasteiger partial charge in [0.25, 0.3) is 5.65 Å². The van der Waals surface area contributed by atoms with E-state index in [-0.39, 0.29) is 6.61 Å². The van der Waals surface area contributed by atoms with E-state index in [9.17, 15) is 13.2 Å². The number of alkyl halides is 3. The summed E-state index contributed by atoms with van der Waals surface area (Å²) in [7, 11) is 1.79. The Morgan fingerprint density at radius 1 is 1.12 bits per heavy atom. The molecule has 0 saturated carbocycles. The first-order valence-electron chi connectivity index (χ1n) is 10.2. The van der Waals surface area contributed by atoms with Gasteiger partial charge >= 0.3 is 6.18 Å². The average molecular weight is 445 g/mol. The molecule has 1 fully saturated rings. The third kappa shape index (κ3) is 4.84. The molecule has 1 aromatic carbocycles. The van der Waals surface area contributed by atoms with E-state index in [1.54, 1.807) is 36.2 Å². The van der Waals surface area contributed by atoms with Crippen molar-refractivity contribution >= 4 is 17.8 Å². The SMILES string of the molecule is Cn1c(COc2ccc(/C=N/N=C(\N)N3CCCC3)cc2)c[n+]2cc(C(F)(F)F)ccc12. The van der Waals surface area contributed by atoms with Crippen molar-refractivity contribution in [2.75, 3.05) is 13.1 Å². The molecule has 0 bridgehead atoms. The molecule has 0 unspecified atom stereocenters. The molecule has 1 aliphatic rings. The quantitative estimate of drug-likeness (QED) is 0.284. The summed E-state index contributed by atoms with van der Waals surface area (Å²) in [6, 6.07) is 9.79. The van der Waals surface area contributed by atoms with Gasteiger partial charge in [-0.05, 0) is 48.7 Å². The van der Waals surface area contributed by atoms with E-state index in [0.717, 1.165) is 49.5 Å². The average Bonchev–Trinajstić information content (AvgIpc) is 3.41. The highest BCUT2D eigenvalue weighted by Gasteiger charge is 2.32. The number of ether oxygens (including phenoxy) is 1. The van der Waals surface area contributed by atoms with Gasteiger partial charge in [0.15, 0.2) is 12.3 Å². The zero-order valence-corrected chi connectivity index (χ0v) is 17.6. The van der Waals surface area contributed by atoms with Crippen LogP contribution in [0.25, 0.3) is 5.65 Å². The van der Waals surface area contributed by atoms with Crippen LogP contribution in [0.3, 0.4) is 0 Å². The Morgan fingerprint density at radius 3 is 2.53 bits per heavy atom. The summed E-state index contributed by atoms with van der Waals surface area (Å²) in [5, 5.41) is 8.07. The number of pyridine rings is 1. The Bertz CT molecular complexity index is 1140. The van der Waals surface area contributed by atoms with Gasteiger partial charge in [0.2, 0.25) is 5.96 Å². The number of benzene rings is 1. The number of rotatable bonds is 5. The molecule has 3 aromatic rings. The van der Waals surface area contributed by atoms with Crippen LogP contribution in [0.15, 0.2) is 59.0 Å². The summed E-state index contributed by atoms with van der Waals surface area (Å²) >= 11 is 0. The maximum atomic E-state index is 12.9. The number of halogens is 3. The Morgan fingerprint density at radius 2 is 1.84 bits per heavy atom. The highest BCUT2D eigenvalue weighted by atomic mass is 19.4. The number of hydrogen-bond acceptors (Lipinski definition) is 3. The first-order chi connectivity index (χ1) is 15.3. The van der Waals surface area contributed by atoms with Crippen molar-refractivity contribution in [3.63, 3.8) is 0 Å². The van der Waals surface area contributed by atoms with Crippen LogP contribution in [0, 0.1) is 0 Å². The summed E-state index contributed by atoms with van der Waals surface area (Å²) in [4.78, 5) is 2.00. The number of guanidine groups is 1. The summed E-state index contributed by atoms with van der Waals surface area (Å²) < 4.78 is 47.9. The molecular weight excluding hydrogens is 421 g/mol. The standard InChI is InChI=1S/C22H24F3N6O/c1-29-18(14-31-13-17(22(23,24)25)6-9-20(29)31)15-32-19-7-4-16(5-8-19)12-27-28-21(26)30-10-2-3-11-30/h4-9,12-14H,2-3,10-11,15H2,1H3,(H2,26,28)/q+1/b27-12+. The number of hydrogen-bond donors (Lipinski definition) is 1. The molecule has 2 aromatic heterocycles. The number of aromatic nitrogens is 2. The monoisotopic (exact) mass is 445 g/mol. The number of imidazole rings is 1. The largest absolute Gasteiger partial charge is 0.485 e. The predicted molar refractivity (Wildman–Crippen MR) is 114 cm³/mol. The van der Waals surface area contributed by atoms with E-state index in [0.29, 0.717) is 17.4 Å². The number of likely N-dealkylation sites (tertiary alicyclic amines) is 1. The molecule has 32 heavy (non-hydrogen) atoms. The molecule has 1 saturated heterocycles. The van der Waals surface area contributed by atoms with Crippen molar-refractivity contribution in [3.05, 3.63) is 65.6 Å². The second-order valence-corrected chi connectivity index (χ2v) is 7.62. The van der Waals surface area contributed by atoms with Gasteiger partial charge in [-0.3, -0.25) is 0 Å². The lowest BCUT2D eigenvalue weighted by Crippen LogP contribution is -2.34. The Kier molecular flexibility index (Phi) is 6.02. The fourth-order valence-electron chi connectivity index (χ4n) is 3.57. The lowest BCUT2D eigenvalue weighted by molar-refractivity contribution is -0.512. The molecule has 0 spiro atoms. The summed E-state index contributed by atoms with van der Waals surface area (Å²) in [6.07, 6.45) is 2.18. The van der Waals surface area contributed by atoms with Crippen LogP contribution in [-0.4, -0.2) is 34.7 Å². The molecule has 10 heteroatoms. The second-order valence-electron chi connectivity index (χ2n) is 7.62. The topological polar surface area (TPSA) is 72.2 Å². The summed E-state index contributed by atoms with van der Waals surface area (Å²) in [5.41, 5.74) is 7.43. The van der Waals surface area contributed by atoms with Crippen molar-refractivity contribution < 1.29 is 22.3 Å². The predicted octanol–water partition coefficient (Wildman–Crippen LogP) is 3.11. The van der Waals surface area contributed by atoms with Crippen molar-refractivity contribution in [1.82, 2.24) is 9.47 Å². The normalized spacial score (nSPS) is 15.2. The van der Waals surface area contributed by atoms with Crippen molar-refractivity contribution in [2.45, 2.75) is 25.6 Å². The number of aryl methyl sites for hydroxylation is 1. The van der Waals surface area contributed by atoms with Crippen LogP contribution in [0.2, 0.25) is 0 Å². The fourth-order valence-corrected chi connectivity index (χ4v) is 3.57. The van der Waals surface area contributed by atoms with Gasteiger partial charge in [0, 0.05) is 19.2 Å². The third-order valence-electron chi connectivity index (χ3n) is 5.41. The van der Waals surface area contributed by atoms with E-state index in [1.165, 1.54) is 10.5 Å². The Balaban J connectivity index is 1.39. The van der Waals surface area contributed by atoms with Gasteiger partial charge < -0.3 is 15.4 Å². The van der Waals surface area contributed by atoms with Crippen LogP contribution in [0.1, 0.15) is 29.7 Å². The first kappa shape index (κ1) is 21.7. The molecule has 1 aliphatic heterocycles. The minimum Gasteiger partial charge on any atom is -0.485 e. The van der Waals surface area contributed by atoms with Crippen LogP contribution in [0.5, 0.6) is 5.75 Å². The van der Waals surface area contributed by atoms with Crippen LogP contribution in [-0.2, 0) is 19.8 Å². The molecular formula is C22H24F3N6O+. The number of fused-ring (bicyclic) bond motifs is 1.